The maximum absolute atomic E-state index is 12.4. The van der Waals surface area contributed by atoms with Gasteiger partial charge in [0, 0.05) is 0 Å². The normalized spacial score (nSPS) is 10.9. The molecule has 1 amide bonds. The molecule has 2 aromatic rings. The molecular weight excluding hydrogens is 399 g/mol. The number of rotatable bonds is 8. The molecular formula is C21H20Cl2N2O3. The number of carbonyl (C=O) groups is 1. The van der Waals surface area contributed by atoms with Gasteiger partial charge in [0.05, 0.1) is 29.4 Å². The van der Waals surface area contributed by atoms with Crippen molar-refractivity contribution in [2.24, 2.45) is 0 Å². The first kappa shape index (κ1) is 21.6. The van der Waals surface area contributed by atoms with E-state index < -0.39 is 5.91 Å². The van der Waals surface area contributed by atoms with Crippen molar-refractivity contribution in [1.29, 1.82) is 5.26 Å². The lowest BCUT2D eigenvalue weighted by molar-refractivity contribution is -0.112. The second kappa shape index (κ2) is 10.6. The predicted molar refractivity (Wildman–Crippen MR) is 112 cm³/mol. The summed E-state index contributed by atoms with van der Waals surface area (Å²) < 4.78 is 11.0. The minimum atomic E-state index is -0.589. The summed E-state index contributed by atoms with van der Waals surface area (Å²) in [6.07, 6.45) is 3.43. The molecule has 28 heavy (non-hydrogen) atoms. The van der Waals surface area contributed by atoms with E-state index in [-0.39, 0.29) is 10.6 Å². The number of hydrogen-bond donors (Lipinski definition) is 1. The van der Waals surface area contributed by atoms with Crippen LogP contribution in [-0.4, -0.2) is 19.6 Å². The number of methoxy groups -OCH3 is 1. The molecule has 0 heterocycles. The van der Waals surface area contributed by atoms with Crippen LogP contribution in [-0.2, 0) is 4.79 Å². The molecule has 0 saturated carbocycles. The molecule has 2 aromatic carbocycles. The second-order valence-electron chi connectivity index (χ2n) is 5.84. The van der Waals surface area contributed by atoms with Gasteiger partial charge in [-0.1, -0.05) is 48.7 Å². The van der Waals surface area contributed by atoms with E-state index in [0.29, 0.717) is 34.4 Å². The van der Waals surface area contributed by atoms with Gasteiger partial charge in [0.2, 0.25) is 0 Å². The topological polar surface area (TPSA) is 71.3 Å². The number of nitrogens with zero attached hydrogens (tertiary/aromatic N) is 1. The highest BCUT2D eigenvalue weighted by Gasteiger charge is 2.13. The standard InChI is InChI=1S/C21H20Cl2N2O3/c1-3-4-10-28-18-9-8-14(12-19(18)27-2)11-15(13-24)21(26)25-17-7-5-6-16(22)20(17)23/h5-9,11-12H,3-4,10H2,1-2H3,(H,25,26)/b15-11-. The highest BCUT2D eigenvalue weighted by atomic mass is 35.5. The zero-order valence-electron chi connectivity index (χ0n) is 15.6. The van der Waals surface area contributed by atoms with E-state index in [1.54, 1.807) is 36.4 Å². The van der Waals surface area contributed by atoms with Crippen LogP contribution in [0.4, 0.5) is 5.69 Å². The lowest BCUT2D eigenvalue weighted by atomic mass is 10.1. The Labute approximate surface area is 174 Å². The Morgan fingerprint density at radius 2 is 2.04 bits per heavy atom. The number of anilines is 1. The summed E-state index contributed by atoms with van der Waals surface area (Å²) in [5, 5.41) is 12.5. The van der Waals surface area contributed by atoms with Gasteiger partial charge in [0.25, 0.3) is 5.91 Å². The molecule has 146 valence electrons. The quantitative estimate of drug-likeness (QED) is 0.337. The Kier molecular flexibility index (Phi) is 8.19. The van der Waals surface area contributed by atoms with Crippen molar-refractivity contribution in [3.8, 4) is 17.6 Å². The number of nitriles is 1. The number of halogens is 2. The van der Waals surface area contributed by atoms with Gasteiger partial charge in [-0.05, 0) is 42.3 Å². The van der Waals surface area contributed by atoms with Crippen molar-refractivity contribution >= 4 is 40.9 Å². The van der Waals surface area contributed by atoms with Crippen LogP contribution in [0.1, 0.15) is 25.3 Å². The lowest BCUT2D eigenvalue weighted by Gasteiger charge is -2.11. The highest BCUT2D eigenvalue weighted by molar-refractivity contribution is 6.44. The van der Waals surface area contributed by atoms with Gasteiger partial charge in [-0.3, -0.25) is 4.79 Å². The van der Waals surface area contributed by atoms with Crippen molar-refractivity contribution in [2.45, 2.75) is 19.8 Å². The van der Waals surface area contributed by atoms with E-state index in [2.05, 4.69) is 12.2 Å². The number of benzene rings is 2. The summed E-state index contributed by atoms with van der Waals surface area (Å²) in [7, 11) is 1.54. The molecule has 0 atom stereocenters. The summed E-state index contributed by atoms with van der Waals surface area (Å²) in [6, 6.07) is 12.0. The zero-order valence-corrected chi connectivity index (χ0v) is 17.1. The Bertz CT molecular complexity index is 920. The summed E-state index contributed by atoms with van der Waals surface area (Å²) >= 11 is 12.0. The lowest BCUT2D eigenvalue weighted by Crippen LogP contribution is -2.13. The third-order valence-corrected chi connectivity index (χ3v) is 4.64. The van der Waals surface area contributed by atoms with Gasteiger partial charge in [-0.2, -0.15) is 5.26 Å². The molecule has 0 unspecified atom stereocenters. The minimum absolute atomic E-state index is 0.0854. The second-order valence-corrected chi connectivity index (χ2v) is 6.62. The molecule has 2 rings (SSSR count). The molecule has 0 fully saturated rings. The monoisotopic (exact) mass is 418 g/mol. The summed E-state index contributed by atoms with van der Waals surface area (Å²) in [6.45, 7) is 2.67. The fraction of sp³-hybridized carbons (Fsp3) is 0.238. The van der Waals surface area contributed by atoms with E-state index in [9.17, 15) is 10.1 Å². The van der Waals surface area contributed by atoms with Gasteiger partial charge < -0.3 is 14.8 Å². The highest BCUT2D eigenvalue weighted by Crippen LogP contribution is 2.31. The molecule has 0 radical (unpaired) electrons. The number of amides is 1. The van der Waals surface area contributed by atoms with Crippen molar-refractivity contribution < 1.29 is 14.3 Å². The van der Waals surface area contributed by atoms with Gasteiger partial charge >= 0.3 is 0 Å². The first-order valence-electron chi connectivity index (χ1n) is 8.68. The van der Waals surface area contributed by atoms with Crippen molar-refractivity contribution in [3.05, 3.63) is 57.6 Å². The molecule has 0 spiro atoms. The van der Waals surface area contributed by atoms with Gasteiger partial charge in [0.1, 0.15) is 11.6 Å². The van der Waals surface area contributed by atoms with Crippen molar-refractivity contribution in [3.63, 3.8) is 0 Å². The Balaban J connectivity index is 2.22. The third kappa shape index (κ3) is 5.66. The van der Waals surface area contributed by atoms with Crippen LogP contribution >= 0.6 is 23.2 Å². The third-order valence-electron chi connectivity index (χ3n) is 3.82. The Morgan fingerprint density at radius 3 is 2.71 bits per heavy atom. The van der Waals surface area contributed by atoms with Gasteiger partial charge in [-0.15, -0.1) is 0 Å². The molecule has 5 nitrogen and oxygen atoms in total. The molecule has 0 aliphatic carbocycles. The number of carbonyl (C=O) groups excluding carboxylic acids is 1. The van der Waals surface area contributed by atoms with E-state index >= 15 is 0 Å². The fourth-order valence-corrected chi connectivity index (χ4v) is 2.67. The summed E-state index contributed by atoms with van der Waals surface area (Å²) in [5.41, 5.74) is 0.874. The predicted octanol–water partition coefficient (Wildman–Crippen LogP) is 5.73. The molecule has 0 aliphatic heterocycles. The average Bonchev–Trinajstić information content (AvgIpc) is 2.70. The number of nitrogens with one attached hydrogen (secondary N) is 1. The summed E-state index contributed by atoms with van der Waals surface area (Å²) in [4.78, 5) is 12.4. The van der Waals surface area contributed by atoms with Crippen LogP contribution in [0.5, 0.6) is 11.5 Å². The average molecular weight is 419 g/mol. The largest absolute Gasteiger partial charge is 0.493 e. The van der Waals surface area contributed by atoms with Crippen LogP contribution in [0.2, 0.25) is 10.0 Å². The molecule has 7 heteroatoms. The van der Waals surface area contributed by atoms with E-state index in [0.717, 1.165) is 12.8 Å². The molecule has 0 bridgehead atoms. The van der Waals surface area contributed by atoms with E-state index in [4.69, 9.17) is 32.7 Å². The zero-order chi connectivity index (χ0) is 20.5. The fourth-order valence-electron chi connectivity index (χ4n) is 2.32. The summed E-state index contributed by atoms with van der Waals surface area (Å²) in [5.74, 6) is 0.552. The molecule has 0 aromatic heterocycles. The molecule has 0 saturated heterocycles. The maximum Gasteiger partial charge on any atom is 0.266 e. The van der Waals surface area contributed by atoms with Crippen LogP contribution in [0.3, 0.4) is 0 Å². The maximum atomic E-state index is 12.4. The Morgan fingerprint density at radius 1 is 1.25 bits per heavy atom. The number of ether oxygens (including phenoxy) is 2. The molecule has 1 N–H and O–H groups in total. The van der Waals surface area contributed by atoms with Crippen molar-refractivity contribution in [1.82, 2.24) is 0 Å². The van der Waals surface area contributed by atoms with E-state index in [1.807, 2.05) is 6.07 Å². The SMILES string of the molecule is CCCCOc1ccc(/C=C(/C#N)C(=O)Nc2cccc(Cl)c2Cl)cc1OC. The van der Waals surface area contributed by atoms with Crippen LogP contribution in [0.25, 0.3) is 6.08 Å². The minimum Gasteiger partial charge on any atom is -0.493 e. The smallest absolute Gasteiger partial charge is 0.266 e. The first-order chi connectivity index (χ1) is 13.5. The molecule has 0 aliphatic rings. The van der Waals surface area contributed by atoms with Crippen LogP contribution < -0.4 is 14.8 Å². The van der Waals surface area contributed by atoms with Gasteiger partial charge in [-0.25, -0.2) is 0 Å². The van der Waals surface area contributed by atoms with Gasteiger partial charge in [0.15, 0.2) is 11.5 Å². The number of unbranched alkanes of at least 4 members (excludes halogenated alkanes) is 1. The Hall–Kier alpha value is -2.68. The van der Waals surface area contributed by atoms with Crippen molar-refractivity contribution in [2.75, 3.05) is 19.0 Å². The van der Waals surface area contributed by atoms with Crippen LogP contribution in [0, 0.1) is 11.3 Å². The number of hydrogen-bond acceptors (Lipinski definition) is 4. The first-order valence-corrected chi connectivity index (χ1v) is 9.43. The van der Waals surface area contributed by atoms with E-state index in [1.165, 1.54) is 13.2 Å². The van der Waals surface area contributed by atoms with Crippen LogP contribution in [0.15, 0.2) is 42.0 Å².